The fraction of sp³-hybridized carbons (Fsp3) is 0.462. The monoisotopic (exact) mass is 231 g/mol. The molecular formula is C13H17N3O. The van der Waals surface area contributed by atoms with Crippen LogP contribution in [0.25, 0.3) is 0 Å². The average molecular weight is 231 g/mol. The Morgan fingerprint density at radius 3 is 3.18 bits per heavy atom. The van der Waals surface area contributed by atoms with Crippen LogP contribution in [0.3, 0.4) is 0 Å². The molecule has 1 amide bonds. The van der Waals surface area contributed by atoms with Gasteiger partial charge in [-0.05, 0) is 36.6 Å². The van der Waals surface area contributed by atoms with Crippen molar-refractivity contribution in [2.75, 3.05) is 24.5 Å². The van der Waals surface area contributed by atoms with Crippen LogP contribution in [0.1, 0.15) is 22.3 Å². The number of rotatable bonds is 1. The number of hydrogen-bond acceptors (Lipinski definition) is 3. The van der Waals surface area contributed by atoms with Gasteiger partial charge in [0.2, 0.25) is 5.91 Å². The first kappa shape index (κ1) is 10.6. The van der Waals surface area contributed by atoms with Gasteiger partial charge >= 0.3 is 0 Å². The fourth-order valence-electron chi connectivity index (χ4n) is 2.88. The van der Waals surface area contributed by atoms with Crippen molar-refractivity contribution < 1.29 is 4.79 Å². The molecule has 17 heavy (non-hydrogen) atoms. The second kappa shape index (κ2) is 4.04. The minimum atomic E-state index is -0.338. The van der Waals surface area contributed by atoms with Crippen molar-refractivity contribution in [2.24, 2.45) is 5.73 Å². The van der Waals surface area contributed by atoms with E-state index in [4.69, 9.17) is 5.73 Å². The summed E-state index contributed by atoms with van der Waals surface area (Å²) in [4.78, 5) is 13.6. The first-order valence-corrected chi connectivity index (χ1v) is 6.16. The Hall–Kier alpha value is -1.55. The van der Waals surface area contributed by atoms with Crippen molar-refractivity contribution in [1.29, 1.82) is 0 Å². The number of fused-ring (bicyclic) bond motifs is 3. The van der Waals surface area contributed by atoms with E-state index < -0.39 is 0 Å². The number of nitrogens with zero attached hydrogens (tertiary/aromatic N) is 1. The van der Waals surface area contributed by atoms with Gasteiger partial charge in [-0.25, -0.2) is 0 Å². The summed E-state index contributed by atoms with van der Waals surface area (Å²) in [6.07, 6.45) is 2.20. The van der Waals surface area contributed by atoms with Gasteiger partial charge in [-0.3, -0.25) is 4.79 Å². The van der Waals surface area contributed by atoms with Crippen LogP contribution < -0.4 is 16.0 Å². The Morgan fingerprint density at radius 1 is 1.47 bits per heavy atom. The molecule has 0 spiro atoms. The van der Waals surface area contributed by atoms with Crippen molar-refractivity contribution in [1.82, 2.24) is 5.32 Å². The molecule has 1 saturated heterocycles. The molecule has 2 heterocycles. The summed E-state index contributed by atoms with van der Waals surface area (Å²) < 4.78 is 0. The van der Waals surface area contributed by atoms with Crippen molar-refractivity contribution >= 4 is 11.6 Å². The van der Waals surface area contributed by atoms with Crippen LogP contribution in [0.5, 0.6) is 0 Å². The molecule has 1 unspecified atom stereocenters. The van der Waals surface area contributed by atoms with E-state index in [2.05, 4.69) is 10.2 Å². The van der Waals surface area contributed by atoms with Gasteiger partial charge in [0.15, 0.2) is 0 Å². The third-order valence-corrected chi connectivity index (χ3v) is 3.77. The maximum Gasteiger partial charge on any atom is 0.248 e. The minimum Gasteiger partial charge on any atom is -0.366 e. The molecule has 3 N–H and O–H groups in total. The summed E-state index contributed by atoms with van der Waals surface area (Å²) in [5, 5.41) is 3.43. The number of anilines is 1. The van der Waals surface area contributed by atoms with E-state index in [0.717, 1.165) is 32.5 Å². The van der Waals surface area contributed by atoms with E-state index in [1.807, 2.05) is 18.2 Å². The van der Waals surface area contributed by atoms with Gasteiger partial charge in [-0.1, -0.05) is 0 Å². The molecule has 1 aromatic carbocycles. The molecule has 0 bridgehead atoms. The first-order valence-electron chi connectivity index (χ1n) is 6.16. The molecule has 2 aliphatic heterocycles. The maximum absolute atomic E-state index is 11.2. The molecule has 4 heteroatoms. The normalized spacial score (nSPS) is 22.8. The van der Waals surface area contributed by atoms with Crippen LogP contribution in [0.2, 0.25) is 0 Å². The number of nitrogens with two attached hydrogens (primary N) is 1. The standard InChI is InChI=1S/C13H17N3O/c14-13(17)10-2-4-12-9(7-10)1-3-11-8-15-5-6-16(11)12/h2,4,7,11,15H,1,3,5-6,8H2,(H2,14,17). The van der Waals surface area contributed by atoms with Crippen molar-refractivity contribution in [3.05, 3.63) is 29.3 Å². The Morgan fingerprint density at radius 2 is 2.35 bits per heavy atom. The van der Waals surface area contributed by atoms with E-state index in [-0.39, 0.29) is 5.91 Å². The predicted molar refractivity (Wildman–Crippen MR) is 67.3 cm³/mol. The Labute approximate surface area is 101 Å². The summed E-state index contributed by atoms with van der Waals surface area (Å²) in [6.45, 7) is 3.15. The molecular weight excluding hydrogens is 214 g/mol. The number of carbonyl (C=O) groups is 1. The highest BCUT2D eigenvalue weighted by molar-refractivity contribution is 5.93. The number of hydrogen-bond donors (Lipinski definition) is 2. The fourth-order valence-corrected chi connectivity index (χ4v) is 2.88. The molecule has 0 saturated carbocycles. The van der Waals surface area contributed by atoms with Crippen LogP contribution in [0, 0.1) is 0 Å². The third kappa shape index (κ3) is 1.78. The topological polar surface area (TPSA) is 58.4 Å². The number of nitrogens with one attached hydrogen (secondary N) is 1. The van der Waals surface area contributed by atoms with E-state index in [0.29, 0.717) is 11.6 Å². The predicted octanol–water partition coefficient (Wildman–Crippen LogP) is 0.510. The molecule has 2 aliphatic rings. The Kier molecular flexibility index (Phi) is 2.52. The smallest absolute Gasteiger partial charge is 0.248 e. The summed E-state index contributed by atoms with van der Waals surface area (Å²) >= 11 is 0. The van der Waals surface area contributed by atoms with E-state index in [9.17, 15) is 4.79 Å². The number of carbonyl (C=O) groups excluding carboxylic acids is 1. The summed E-state index contributed by atoms with van der Waals surface area (Å²) in [6, 6.07) is 6.45. The largest absolute Gasteiger partial charge is 0.366 e. The zero-order chi connectivity index (χ0) is 11.8. The van der Waals surface area contributed by atoms with Gasteiger partial charge < -0.3 is 16.0 Å². The van der Waals surface area contributed by atoms with Crippen LogP contribution in [0.4, 0.5) is 5.69 Å². The second-order valence-electron chi connectivity index (χ2n) is 4.80. The van der Waals surface area contributed by atoms with Gasteiger partial charge in [-0.2, -0.15) is 0 Å². The van der Waals surface area contributed by atoms with Crippen molar-refractivity contribution in [3.63, 3.8) is 0 Å². The lowest BCUT2D eigenvalue weighted by atomic mass is 9.93. The van der Waals surface area contributed by atoms with Gasteiger partial charge in [0.1, 0.15) is 0 Å². The van der Waals surface area contributed by atoms with Crippen molar-refractivity contribution in [3.8, 4) is 0 Å². The quantitative estimate of drug-likeness (QED) is 0.740. The number of aryl methyl sites for hydroxylation is 1. The minimum absolute atomic E-state index is 0.338. The van der Waals surface area contributed by atoms with Crippen LogP contribution in [0.15, 0.2) is 18.2 Å². The van der Waals surface area contributed by atoms with Crippen molar-refractivity contribution in [2.45, 2.75) is 18.9 Å². The lowest BCUT2D eigenvalue weighted by Crippen LogP contribution is -2.53. The zero-order valence-electron chi connectivity index (χ0n) is 9.78. The summed E-state index contributed by atoms with van der Waals surface area (Å²) in [5.41, 5.74) is 8.49. The molecule has 90 valence electrons. The van der Waals surface area contributed by atoms with Crippen LogP contribution in [-0.4, -0.2) is 31.6 Å². The van der Waals surface area contributed by atoms with E-state index in [1.165, 1.54) is 11.3 Å². The average Bonchev–Trinajstić information content (AvgIpc) is 2.38. The molecule has 3 rings (SSSR count). The molecule has 0 aliphatic carbocycles. The molecule has 0 aromatic heterocycles. The molecule has 1 aromatic rings. The van der Waals surface area contributed by atoms with E-state index in [1.54, 1.807) is 0 Å². The lowest BCUT2D eigenvalue weighted by molar-refractivity contribution is 0.1000. The summed E-state index contributed by atoms with van der Waals surface area (Å²) in [5.74, 6) is -0.338. The molecule has 1 fully saturated rings. The number of piperazine rings is 1. The van der Waals surface area contributed by atoms with Crippen LogP contribution >= 0.6 is 0 Å². The van der Waals surface area contributed by atoms with Gasteiger partial charge in [-0.15, -0.1) is 0 Å². The highest BCUT2D eigenvalue weighted by atomic mass is 16.1. The molecule has 4 nitrogen and oxygen atoms in total. The maximum atomic E-state index is 11.2. The Balaban J connectivity index is 1.97. The third-order valence-electron chi connectivity index (χ3n) is 3.77. The molecule has 1 atom stereocenters. The van der Waals surface area contributed by atoms with Crippen LogP contribution in [-0.2, 0) is 6.42 Å². The van der Waals surface area contributed by atoms with Gasteiger partial charge in [0.05, 0.1) is 0 Å². The highest BCUT2D eigenvalue weighted by Gasteiger charge is 2.28. The second-order valence-corrected chi connectivity index (χ2v) is 4.80. The SMILES string of the molecule is NC(=O)c1ccc2c(c1)CCC1CNCCN21. The first-order chi connectivity index (χ1) is 8.25. The Bertz CT molecular complexity index is 458. The molecule has 0 radical (unpaired) electrons. The zero-order valence-corrected chi connectivity index (χ0v) is 9.78. The number of benzene rings is 1. The highest BCUT2D eigenvalue weighted by Crippen LogP contribution is 2.31. The van der Waals surface area contributed by atoms with Gasteiger partial charge in [0, 0.05) is 36.9 Å². The van der Waals surface area contributed by atoms with Gasteiger partial charge in [0.25, 0.3) is 0 Å². The van der Waals surface area contributed by atoms with E-state index >= 15 is 0 Å². The summed E-state index contributed by atoms with van der Waals surface area (Å²) in [7, 11) is 0. The number of primary amides is 1. The lowest BCUT2D eigenvalue weighted by Gasteiger charge is -2.42. The number of amides is 1.